The highest BCUT2D eigenvalue weighted by Gasteiger charge is 2.28. The molecule has 12 rings (SSSR count). The van der Waals surface area contributed by atoms with Crippen molar-refractivity contribution in [3.05, 3.63) is 227 Å². The van der Waals surface area contributed by atoms with Crippen molar-refractivity contribution in [3.8, 4) is 0 Å². The van der Waals surface area contributed by atoms with Crippen molar-refractivity contribution in [1.82, 2.24) is 25.6 Å². The van der Waals surface area contributed by atoms with Crippen molar-refractivity contribution in [2.75, 3.05) is 35.5 Å². The van der Waals surface area contributed by atoms with E-state index in [0.29, 0.717) is 49.8 Å². The van der Waals surface area contributed by atoms with Crippen LogP contribution in [0.15, 0.2) is 160 Å². The number of fused-ring (bicyclic) bond motifs is 6. The number of aryl methyl sites for hydroxylation is 3. The number of methoxy groups -OCH3 is 2. The number of ether oxygens (including phenoxy) is 3. The van der Waals surface area contributed by atoms with Gasteiger partial charge in [0.25, 0.3) is 17.7 Å². The summed E-state index contributed by atoms with van der Waals surface area (Å²) in [5.41, 5.74) is 14.4. The minimum Gasteiger partial charge on any atom is -0.457 e. The standard InChI is InChI=1S/C25H27N3O4.C22H21N3O4.C20H19N3O2.C2H3ClO2.C2HF3O.CH2Cl2.2CH4/c1-25(2,3)32-24(31)28-21-10-6-7-15-11-12-16(13-18(15)21)27-23(30)19-14-26-20-9-5-4-8-17(20)22(19)29;1-29-22(28)25-19-8-4-5-13-9-10-14(11-16(13)19)24-21(27)17-12-23-18-7-3-2-6-15(18)20(17)26;21-17-6-3-4-12-8-9-13(10-15(12)17)23-20(25)16-11-22-18-7-2-1-5-14(18)19(16)24;1-5-2(3)4;3-2(4,5)1-6;2-1-3;;/h4-5,8-9,11-14,21H,6-7,10H2,1-3H3,(H,26,29)(H,27,30)(H,28,31);2-3,6-7,9-12,19H,4-5,8H2,1H3,(H,23,26)(H,24,27)(H,25,28);1-2,5,7-11,17H,3-4,6,21H2,(H,22,24)(H,23,25);1H3;1H;1H2;2*1H4. The predicted octanol–water partition coefficient (Wildman–Crippen LogP) is 15.7. The summed E-state index contributed by atoms with van der Waals surface area (Å²) in [4.78, 5) is 127. The smallest absolute Gasteiger partial charge is 0.446 e. The molecule has 5 amide bonds. The monoisotopic (exact) mass is 1470 g/mol. The van der Waals surface area contributed by atoms with E-state index in [-0.39, 0.29) is 71.3 Å². The fraction of sp³-hybridized carbons (Fsp3) is 0.297. The third-order valence-corrected chi connectivity index (χ3v) is 15.9. The molecule has 0 spiro atoms. The summed E-state index contributed by atoms with van der Waals surface area (Å²) in [5, 5.41) is 15.9. The number of carbonyl (C=O) groups is 7. The average molecular weight is 1470 g/mol. The van der Waals surface area contributed by atoms with Crippen LogP contribution in [0.25, 0.3) is 32.7 Å². The third-order valence-electron chi connectivity index (χ3n) is 15.8. The van der Waals surface area contributed by atoms with Gasteiger partial charge in [0.15, 0.2) is 0 Å². The van der Waals surface area contributed by atoms with Crippen LogP contribution in [0.1, 0.15) is 157 Å². The number of alkyl halides is 5. The van der Waals surface area contributed by atoms with Gasteiger partial charge in [0.05, 0.1) is 31.6 Å². The fourth-order valence-corrected chi connectivity index (χ4v) is 11.2. The fourth-order valence-electron chi connectivity index (χ4n) is 11.2. The number of anilines is 3. The third kappa shape index (κ3) is 23.1. The number of H-pyrrole nitrogens is 3. The van der Waals surface area contributed by atoms with Crippen molar-refractivity contribution in [2.24, 2.45) is 5.73 Å². The van der Waals surface area contributed by atoms with Gasteiger partial charge in [-0.25, -0.2) is 14.4 Å². The number of benzene rings is 6. The molecule has 0 bridgehead atoms. The van der Waals surface area contributed by atoms with Gasteiger partial charge < -0.3 is 61.5 Å². The van der Waals surface area contributed by atoms with Crippen molar-refractivity contribution in [3.63, 3.8) is 0 Å². The molecule has 542 valence electrons. The maximum absolute atomic E-state index is 12.8. The van der Waals surface area contributed by atoms with Crippen LogP contribution in [0.5, 0.6) is 0 Å². The number of nitrogens with two attached hydrogens (primary N) is 1. The van der Waals surface area contributed by atoms with Crippen LogP contribution in [0.2, 0.25) is 0 Å². The molecule has 3 aromatic heterocycles. The molecule has 3 heterocycles. The molecule has 10 N–H and O–H groups in total. The van der Waals surface area contributed by atoms with Crippen LogP contribution < -0.4 is 48.6 Å². The molecule has 0 saturated carbocycles. The van der Waals surface area contributed by atoms with Gasteiger partial charge in [-0.1, -0.05) is 69.5 Å². The number of carbonyl (C=O) groups excluding carboxylic acids is 7. The van der Waals surface area contributed by atoms with Crippen LogP contribution in [0.3, 0.4) is 0 Å². The molecule has 9 aromatic rings. The first-order chi connectivity index (χ1) is 47.6. The molecule has 102 heavy (non-hydrogen) atoms. The minimum absolute atomic E-state index is 0. The molecule has 3 atom stereocenters. The zero-order chi connectivity index (χ0) is 72.8. The number of aromatic nitrogens is 3. The first-order valence-electron chi connectivity index (χ1n) is 31.3. The second-order valence-electron chi connectivity index (χ2n) is 23.7. The first kappa shape index (κ1) is 82.3. The molecule has 0 saturated heterocycles. The van der Waals surface area contributed by atoms with E-state index in [1.807, 2.05) is 99.6 Å². The number of alkyl carbamates (subject to hydrolysis) is 2. The molecule has 3 aliphatic rings. The molecule has 0 fully saturated rings. The van der Waals surface area contributed by atoms with Gasteiger partial charge in [0, 0.05) is 86.0 Å². The quantitative estimate of drug-likeness (QED) is 0.0296. The number of pyridine rings is 3. The molecule has 28 heteroatoms. The second kappa shape index (κ2) is 38.5. The molecular formula is C74H81Cl3F3N9O13. The second-order valence-corrected chi connectivity index (χ2v) is 24.8. The van der Waals surface area contributed by atoms with E-state index in [2.05, 4.69) is 57.9 Å². The number of halogens is 6. The van der Waals surface area contributed by atoms with Crippen LogP contribution >= 0.6 is 34.8 Å². The summed E-state index contributed by atoms with van der Waals surface area (Å²) in [6, 6.07) is 38.0. The molecule has 3 unspecified atom stereocenters. The lowest BCUT2D eigenvalue weighted by atomic mass is 9.87. The maximum Gasteiger partial charge on any atom is 0.446 e. The van der Waals surface area contributed by atoms with E-state index in [0.717, 1.165) is 85.6 Å². The van der Waals surface area contributed by atoms with Gasteiger partial charge in [-0.15, -0.1) is 23.2 Å². The Morgan fingerprint density at radius 1 is 0.529 bits per heavy atom. The van der Waals surface area contributed by atoms with Gasteiger partial charge in [-0.05, 0) is 185 Å². The minimum atomic E-state index is -4.64. The lowest BCUT2D eigenvalue weighted by Gasteiger charge is -2.28. The van der Waals surface area contributed by atoms with Crippen LogP contribution in [0, 0.1) is 0 Å². The van der Waals surface area contributed by atoms with E-state index >= 15 is 0 Å². The topological polar surface area (TPSA) is 332 Å². The maximum atomic E-state index is 12.8. The summed E-state index contributed by atoms with van der Waals surface area (Å²) in [6.07, 6.45) is 6.04. The Bertz CT molecular complexity index is 4640. The van der Waals surface area contributed by atoms with E-state index in [4.69, 9.17) is 43.2 Å². The summed E-state index contributed by atoms with van der Waals surface area (Å²) < 4.78 is 45.2. The number of aldehydes is 1. The number of hydrogen-bond acceptors (Lipinski definition) is 14. The zero-order valence-electron chi connectivity index (χ0n) is 54.9. The highest BCUT2D eigenvalue weighted by Crippen LogP contribution is 2.35. The van der Waals surface area contributed by atoms with Crippen LogP contribution in [-0.2, 0) is 38.3 Å². The Labute approximate surface area is 600 Å². The number of nitrogens with one attached hydrogen (secondary N) is 8. The summed E-state index contributed by atoms with van der Waals surface area (Å²) in [5.74, 6) is -1.38. The molecule has 22 nitrogen and oxygen atoms in total. The number of rotatable bonds is 8. The lowest BCUT2D eigenvalue weighted by molar-refractivity contribution is -0.156. The van der Waals surface area contributed by atoms with Gasteiger partial charge in [0.2, 0.25) is 22.6 Å². The SMILES string of the molecule is C.C.CC(C)(C)OC(=O)NC1CCCc2ccc(NC(=O)c3c[nH]c4ccccc4c3=O)cc21.COC(=O)Cl.COC(=O)NC1CCCc2ccc(NC(=O)c3c[nH]c4ccccc4c3=O)cc21.ClCCl.NC1CCCc2ccc(NC(=O)c3c[nH]c4ccccc4c3=O)cc21.O=CC(F)(F)F. The Kier molecular flexibility index (Phi) is 31.0. The van der Waals surface area contributed by atoms with E-state index in [1.165, 1.54) is 38.4 Å². The van der Waals surface area contributed by atoms with Crippen molar-refractivity contribution in [1.29, 1.82) is 0 Å². The van der Waals surface area contributed by atoms with Gasteiger partial charge >= 0.3 is 23.8 Å². The Balaban J connectivity index is 0.000000250. The number of aromatic amines is 3. The summed E-state index contributed by atoms with van der Waals surface area (Å²) in [6.45, 7) is 5.47. The van der Waals surface area contributed by atoms with Gasteiger partial charge in [-0.3, -0.25) is 33.6 Å². The number of hydrogen-bond donors (Lipinski definition) is 9. The first-order valence-corrected chi connectivity index (χ1v) is 32.7. The highest BCUT2D eigenvalue weighted by atomic mass is 35.5. The van der Waals surface area contributed by atoms with Crippen molar-refractivity contribution >= 4 is 126 Å². The van der Waals surface area contributed by atoms with Crippen molar-refractivity contribution in [2.45, 2.75) is 123 Å². The molecule has 6 aromatic carbocycles. The Hall–Kier alpha value is -10.3. The average Bonchev–Trinajstić information content (AvgIpc) is 0.815. The Morgan fingerprint density at radius 3 is 1.17 bits per heavy atom. The summed E-state index contributed by atoms with van der Waals surface area (Å²) in [7, 11) is 2.55. The Morgan fingerprint density at radius 2 is 0.843 bits per heavy atom. The zero-order valence-corrected chi connectivity index (χ0v) is 57.2. The molecule has 0 aliphatic heterocycles. The van der Waals surface area contributed by atoms with E-state index < -0.39 is 53.4 Å². The normalized spacial score (nSPS) is 14.5. The van der Waals surface area contributed by atoms with Gasteiger partial charge in [0.1, 0.15) is 22.3 Å². The lowest BCUT2D eigenvalue weighted by Crippen LogP contribution is -2.36. The van der Waals surface area contributed by atoms with Crippen LogP contribution in [0.4, 0.5) is 44.6 Å². The van der Waals surface area contributed by atoms with Crippen molar-refractivity contribution < 1.29 is 60.9 Å². The van der Waals surface area contributed by atoms with E-state index in [1.54, 1.807) is 48.5 Å². The number of para-hydroxylation sites is 3. The molecule has 3 aliphatic carbocycles. The summed E-state index contributed by atoms with van der Waals surface area (Å²) >= 11 is 14.1. The largest absolute Gasteiger partial charge is 0.457 e. The molecular weight excluding hydrogens is 1390 g/mol. The highest BCUT2D eigenvalue weighted by molar-refractivity contribution is 6.61. The van der Waals surface area contributed by atoms with Gasteiger partial charge in [-0.2, -0.15) is 13.2 Å². The van der Waals surface area contributed by atoms with E-state index in [9.17, 15) is 56.3 Å². The number of amides is 5. The predicted molar refractivity (Wildman–Crippen MR) is 393 cm³/mol. The molecule has 0 radical (unpaired) electrons. The van der Waals surface area contributed by atoms with Crippen LogP contribution in [-0.4, -0.2) is 87.9 Å².